The number of carbonyl (C=O) groups is 1. The van der Waals surface area contributed by atoms with E-state index in [-0.39, 0.29) is 16.4 Å². The molecule has 0 atom stereocenters. The van der Waals surface area contributed by atoms with Gasteiger partial charge in [-0.25, -0.2) is 9.78 Å². The molecule has 1 heterocycles. The van der Waals surface area contributed by atoms with Crippen LogP contribution in [0.25, 0.3) is 11.3 Å². The van der Waals surface area contributed by atoms with Gasteiger partial charge in [0, 0.05) is 22.7 Å². The Morgan fingerprint density at radius 1 is 1.26 bits per heavy atom. The van der Waals surface area contributed by atoms with Crippen molar-refractivity contribution in [2.24, 2.45) is 0 Å². The van der Waals surface area contributed by atoms with E-state index in [1.165, 1.54) is 36.4 Å². The molecule has 0 fully saturated rings. The highest BCUT2D eigenvalue weighted by molar-refractivity contribution is 6.31. The number of nitro groups is 1. The molecule has 0 aliphatic rings. The summed E-state index contributed by atoms with van der Waals surface area (Å²) in [5, 5.41) is 19.7. The third-order valence-electron chi connectivity index (χ3n) is 2.38. The maximum atomic E-state index is 10.9. The number of carboxylic acids is 1. The lowest BCUT2D eigenvalue weighted by Crippen LogP contribution is -2.01. The third kappa shape index (κ3) is 2.86. The molecule has 0 radical (unpaired) electrons. The van der Waals surface area contributed by atoms with Crippen molar-refractivity contribution in [3.8, 4) is 11.3 Å². The number of nitro benzene ring substituents is 1. The lowest BCUT2D eigenvalue weighted by atomic mass is 10.1. The quantitative estimate of drug-likeness (QED) is 0.688. The van der Waals surface area contributed by atoms with E-state index in [2.05, 4.69) is 4.98 Å². The predicted octanol–water partition coefficient (Wildman–Crippen LogP) is 3.01. The van der Waals surface area contributed by atoms with Crippen molar-refractivity contribution in [1.82, 2.24) is 4.98 Å². The Morgan fingerprint density at radius 2 is 1.89 bits per heavy atom. The molecule has 19 heavy (non-hydrogen) atoms. The lowest BCUT2D eigenvalue weighted by molar-refractivity contribution is -0.384. The van der Waals surface area contributed by atoms with Crippen LogP contribution in [-0.2, 0) is 0 Å². The first-order chi connectivity index (χ1) is 8.97. The summed E-state index contributed by atoms with van der Waals surface area (Å²) in [4.78, 5) is 24.8. The number of non-ortho nitro benzene ring substituents is 1. The first-order valence-electron chi connectivity index (χ1n) is 5.13. The van der Waals surface area contributed by atoms with Gasteiger partial charge in [0.15, 0.2) is 0 Å². The number of rotatable bonds is 3. The zero-order chi connectivity index (χ0) is 14.0. The second-order valence-electron chi connectivity index (χ2n) is 3.66. The monoisotopic (exact) mass is 278 g/mol. The van der Waals surface area contributed by atoms with Crippen molar-refractivity contribution in [3.63, 3.8) is 0 Å². The van der Waals surface area contributed by atoms with E-state index in [1.807, 2.05) is 0 Å². The van der Waals surface area contributed by atoms with E-state index in [1.54, 1.807) is 0 Å². The molecule has 0 bridgehead atoms. The fourth-order valence-electron chi connectivity index (χ4n) is 1.51. The molecule has 0 spiro atoms. The average Bonchev–Trinajstić information content (AvgIpc) is 2.38. The average molecular weight is 279 g/mol. The van der Waals surface area contributed by atoms with Crippen molar-refractivity contribution in [2.45, 2.75) is 0 Å². The maximum absolute atomic E-state index is 10.9. The van der Waals surface area contributed by atoms with Crippen LogP contribution in [0.5, 0.6) is 0 Å². The number of hydrogen-bond acceptors (Lipinski definition) is 4. The van der Waals surface area contributed by atoms with Crippen LogP contribution in [0, 0.1) is 10.1 Å². The molecule has 1 aromatic carbocycles. The molecule has 2 rings (SSSR count). The minimum absolute atomic E-state index is 0.0516. The Kier molecular flexibility index (Phi) is 3.43. The first kappa shape index (κ1) is 13.0. The van der Waals surface area contributed by atoms with E-state index < -0.39 is 10.9 Å². The lowest BCUT2D eigenvalue weighted by Gasteiger charge is -2.03. The summed E-state index contributed by atoms with van der Waals surface area (Å²) in [6.45, 7) is 0. The molecule has 1 aromatic heterocycles. The van der Waals surface area contributed by atoms with Gasteiger partial charge in [-0.3, -0.25) is 10.1 Å². The topological polar surface area (TPSA) is 93.3 Å². The van der Waals surface area contributed by atoms with Gasteiger partial charge in [-0.2, -0.15) is 0 Å². The predicted molar refractivity (Wildman–Crippen MR) is 68.3 cm³/mol. The zero-order valence-electron chi connectivity index (χ0n) is 9.41. The largest absolute Gasteiger partial charge is 0.477 e. The van der Waals surface area contributed by atoms with Crippen molar-refractivity contribution >= 4 is 23.3 Å². The van der Waals surface area contributed by atoms with Crippen molar-refractivity contribution in [1.29, 1.82) is 0 Å². The number of halogens is 1. The maximum Gasteiger partial charge on any atom is 0.354 e. The van der Waals surface area contributed by atoms with Gasteiger partial charge in [0.25, 0.3) is 5.69 Å². The van der Waals surface area contributed by atoms with Crippen molar-refractivity contribution < 1.29 is 14.8 Å². The van der Waals surface area contributed by atoms with E-state index in [0.717, 1.165) is 0 Å². The number of pyridine rings is 1. The molecule has 7 heteroatoms. The zero-order valence-corrected chi connectivity index (χ0v) is 10.2. The number of nitrogens with zero attached hydrogens (tertiary/aromatic N) is 2. The number of aromatic carboxylic acids is 1. The Bertz CT molecular complexity index is 655. The normalized spacial score (nSPS) is 10.2. The smallest absolute Gasteiger partial charge is 0.354 e. The van der Waals surface area contributed by atoms with Gasteiger partial charge >= 0.3 is 5.97 Å². The Morgan fingerprint density at radius 3 is 2.42 bits per heavy atom. The highest BCUT2D eigenvalue weighted by Crippen LogP contribution is 2.24. The van der Waals surface area contributed by atoms with Gasteiger partial charge in [0.05, 0.1) is 10.6 Å². The standard InChI is InChI=1S/C12H7ClN2O4/c13-8-5-10(14-11(6-8)12(16)17)7-1-3-9(4-2-7)15(18)19/h1-6H,(H,16,17). The summed E-state index contributed by atoms with van der Waals surface area (Å²) in [7, 11) is 0. The fourth-order valence-corrected chi connectivity index (χ4v) is 1.72. The van der Waals surface area contributed by atoms with Gasteiger partial charge in [-0.05, 0) is 24.3 Å². The van der Waals surface area contributed by atoms with Crippen LogP contribution in [0.15, 0.2) is 36.4 Å². The molecule has 96 valence electrons. The van der Waals surface area contributed by atoms with Crippen LogP contribution >= 0.6 is 11.6 Å². The summed E-state index contributed by atoms with van der Waals surface area (Å²) in [5.74, 6) is -1.19. The summed E-state index contributed by atoms with van der Waals surface area (Å²) in [6.07, 6.45) is 0. The fraction of sp³-hybridized carbons (Fsp3) is 0. The Hall–Kier alpha value is -2.47. The molecule has 6 nitrogen and oxygen atoms in total. The van der Waals surface area contributed by atoms with Gasteiger partial charge in [0.1, 0.15) is 5.69 Å². The Balaban J connectivity index is 2.46. The van der Waals surface area contributed by atoms with Crippen LogP contribution in [0.3, 0.4) is 0 Å². The molecule has 0 saturated heterocycles. The third-order valence-corrected chi connectivity index (χ3v) is 2.60. The Labute approximate surface area is 112 Å². The molecule has 0 amide bonds. The van der Waals surface area contributed by atoms with Crippen LogP contribution in [0.4, 0.5) is 5.69 Å². The summed E-state index contributed by atoms with van der Waals surface area (Å²) in [5.41, 5.74) is 0.667. The number of benzene rings is 1. The summed E-state index contributed by atoms with van der Waals surface area (Å²) < 4.78 is 0. The molecule has 1 N–H and O–H groups in total. The SMILES string of the molecule is O=C(O)c1cc(Cl)cc(-c2ccc([N+](=O)[O-])cc2)n1. The molecular formula is C12H7ClN2O4. The van der Waals surface area contributed by atoms with Crippen molar-refractivity contribution in [2.75, 3.05) is 0 Å². The van der Waals surface area contributed by atoms with Gasteiger partial charge < -0.3 is 5.11 Å². The van der Waals surface area contributed by atoms with Crippen LogP contribution < -0.4 is 0 Å². The highest BCUT2D eigenvalue weighted by Gasteiger charge is 2.11. The highest BCUT2D eigenvalue weighted by atomic mass is 35.5. The first-order valence-corrected chi connectivity index (χ1v) is 5.51. The van der Waals surface area contributed by atoms with Crippen LogP contribution in [0.2, 0.25) is 5.02 Å². The molecule has 0 unspecified atom stereocenters. The molecule has 0 saturated carbocycles. The number of aromatic nitrogens is 1. The minimum atomic E-state index is -1.19. The second kappa shape index (κ2) is 5.03. The van der Waals surface area contributed by atoms with Gasteiger partial charge in [0.2, 0.25) is 0 Å². The van der Waals surface area contributed by atoms with E-state index in [0.29, 0.717) is 11.3 Å². The molecule has 0 aliphatic heterocycles. The second-order valence-corrected chi connectivity index (χ2v) is 4.10. The van der Waals surface area contributed by atoms with Crippen molar-refractivity contribution in [3.05, 3.63) is 57.2 Å². The minimum Gasteiger partial charge on any atom is -0.477 e. The van der Waals surface area contributed by atoms with Gasteiger partial charge in [-0.15, -0.1) is 0 Å². The molecule has 0 aliphatic carbocycles. The van der Waals surface area contributed by atoms with E-state index in [9.17, 15) is 14.9 Å². The number of carboxylic acid groups (broad SMARTS) is 1. The number of hydrogen-bond donors (Lipinski definition) is 1. The van der Waals surface area contributed by atoms with E-state index >= 15 is 0 Å². The van der Waals surface area contributed by atoms with E-state index in [4.69, 9.17) is 16.7 Å². The molecule has 2 aromatic rings. The van der Waals surface area contributed by atoms with Gasteiger partial charge in [-0.1, -0.05) is 11.6 Å². The molecular weight excluding hydrogens is 272 g/mol. The summed E-state index contributed by atoms with van der Waals surface area (Å²) in [6, 6.07) is 8.34. The summed E-state index contributed by atoms with van der Waals surface area (Å²) >= 11 is 5.81. The van der Waals surface area contributed by atoms with Crippen LogP contribution in [-0.4, -0.2) is 21.0 Å². The van der Waals surface area contributed by atoms with Crippen LogP contribution in [0.1, 0.15) is 10.5 Å².